The number of likely N-dealkylation sites (tertiary alicyclic amines) is 1. The summed E-state index contributed by atoms with van der Waals surface area (Å²) in [4.78, 5) is 2.44. The average Bonchev–Trinajstić information content (AvgIpc) is 3.14. The average molecular weight is 378 g/mol. The highest BCUT2D eigenvalue weighted by atomic mass is 32.1. The normalized spacial score (nSPS) is 15.9. The molecule has 0 aromatic heterocycles. The van der Waals surface area contributed by atoms with Crippen LogP contribution in [0, 0.1) is 5.92 Å². The van der Waals surface area contributed by atoms with E-state index in [-0.39, 0.29) is 0 Å². The van der Waals surface area contributed by atoms with Gasteiger partial charge in [-0.3, -0.25) is 4.90 Å². The van der Waals surface area contributed by atoms with Gasteiger partial charge in [0.1, 0.15) is 5.75 Å². The third kappa shape index (κ3) is 7.24. The number of aryl methyl sites for hydroxylation is 1. The molecule has 1 saturated heterocycles. The Hall–Kier alpha value is -1.13. The summed E-state index contributed by atoms with van der Waals surface area (Å²) >= 11 is 5.39. The van der Waals surface area contributed by atoms with Gasteiger partial charge in [0.25, 0.3) is 0 Å². The fraction of sp³-hybridized carbons (Fsp3) is 0.682. The number of benzene rings is 1. The molecule has 0 amide bonds. The highest BCUT2D eigenvalue weighted by Crippen LogP contribution is 2.23. The van der Waals surface area contributed by atoms with Crippen molar-refractivity contribution < 1.29 is 9.84 Å². The van der Waals surface area contributed by atoms with Crippen molar-refractivity contribution in [2.24, 2.45) is 5.92 Å². The predicted molar refractivity (Wildman–Crippen MR) is 113 cm³/mol. The lowest BCUT2D eigenvalue weighted by Gasteiger charge is -2.17. The molecule has 1 aromatic carbocycles. The Bertz CT molecular complexity index is 555. The summed E-state index contributed by atoms with van der Waals surface area (Å²) in [6.07, 6.45) is 8.85. The van der Waals surface area contributed by atoms with E-state index in [0.717, 1.165) is 31.6 Å². The van der Waals surface area contributed by atoms with Gasteiger partial charge in [-0.1, -0.05) is 45.2 Å². The van der Waals surface area contributed by atoms with Gasteiger partial charge in [0, 0.05) is 13.0 Å². The van der Waals surface area contributed by atoms with E-state index in [1.54, 1.807) is 0 Å². The van der Waals surface area contributed by atoms with Crippen molar-refractivity contribution in [3.8, 4) is 5.75 Å². The fourth-order valence-corrected chi connectivity index (χ4v) is 3.71. The molecule has 1 aliphatic rings. The van der Waals surface area contributed by atoms with Crippen molar-refractivity contribution in [3.63, 3.8) is 0 Å². The first-order chi connectivity index (χ1) is 12.6. The van der Waals surface area contributed by atoms with E-state index in [4.69, 9.17) is 17.0 Å². The number of hydrogen-bond acceptors (Lipinski definition) is 4. The third-order valence-electron chi connectivity index (χ3n) is 5.38. The zero-order valence-corrected chi connectivity index (χ0v) is 17.3. The number of phenols is 1. The van der Waals surface area contributed by atoms with Gasteiger partial charge < -0.3 is 9.84 Å². The first-order valence-corrected chi connectivity index (χ1v) is 10.7. The summed E-state index contributed by atoms with van der Waals surface area (Å²) in [5.74, 6) is 0.991. The van der Waals surface area contributed by atoms with Crippen LogP contribution < -0.4 is 0 Å². The van der Waals surface area contributed by atoms with E-state index >= 15 is 0 Å². The molecule has 1 unspecified atom stereocenters. The van der Waals surface area contributed by atoms with E-state index in [2.05, 4.69) is 24.8 Å². The number of ether oxygens (including phenoxy) is 1. The number of thiocarbonyl (C=S) groups is 1. The van der Waals surface area contributed by atoms with E-state index in [0.29, 0.717) is 23.1 Å². The topological polar surface area (TPSA) is 32.7 Å². The monoisotopic (exact) mass is 377 g/mol. The van der Waals surface area contributed by atoms with Gasteiger partial charge in [-0.15, -0.1) is 0 Å². The minimum Gasteiger partial charge on any atom is -0.508 e. The molecule has 1 aromatic rings. The molecule has 0 radical (unpaired) electrons. The molecule has 146 valence electrons. The Balaban J connectivity index is 1.74. The molecule has 1 atom stereocenters. The van der Waals surface area contributed by atoms with E-state index in [1.807, 2.05) is 12.1 Å². The number of hydrogen-bond donors (Lipinski definition) is 1. The molecule has 0 saturated carbocycles. The molecule has 1 heterocycles. The molecule has 3 nitrogen and oxygen atoms in total. The van der Waals surface area contributed by atoms with Gasteiger partial charge in [0.2, 0.25) is 0 Å². The summed E-state index contributed by atoms with van der Waals surface area (Å²) in [6.45, 7) is 8.45. The molecule has 1 fully saturated rings. The Kier molecular flexibility index (Phi) is 9.41. The summed E-state index contributed by atoms with van der Waals surface area (Å²) in [7, 11) is 0. The first kappa shape index (κ1) is 21.2. The van der Waals surface area contributed by atoms with Crippen LogP contribution >= 0.6 is 12.2 Å². The van der Waals surface area contributed by atoms with E-state index in [9.17, 15) is 5.11 Å². The molecule has 1 aliphatic heterocycles. The summed E-state index contributed by atoms with van der Waals surface area (Å²) in [5, 5.41) is 11.0. The molecule has 1 N–H and O–H groups in total. The highest BCUT2D eigenvalue weighted by molar-refractivity contribution is 7.80. The van der Waals surface area contributed by atoms with Crippen LogP contribution in [0.4, 0.5) is 0 Å². The zero-order chi connectivity index (χ0) is 18.8. The van der Waals surface area contributed by atoms with Crippen molar-refractivity contribution in [3.05, 3.63) is 29.3 Å². The fourth-order valence-electron chi connectivity index (χ4n) is 3.54. The predicted octanol–water partition coefficient (Wildman–Crippen LogP) is 5.48. The standard InChI is InChI=1S/C22H35NO2S/c1-3-5-8-18(4-2)17-25-22(26)12-11-20-10-9-19(15-21(20)24)16-23-13-6-7-14-23/h9-10,15,18,24H,3-8,11-14,16-17H2,1-2H3. The van der Waals surface area contributed by atoms with Gasteiger partial charge in [-0.2, -0.15) is 0 Å². The van der Waals surface area contributed by atoms with Crippen LogP contribution in [-0.4, -0.2) is 34.8 Å². The molecule has 4 heteroatoms. The molecular weight excluding hydrogens is 342 g/mol. The van der Waals surface area contributed by atoms with E-state index < -0.39 is 0 Å². The van der Waals surface area contributed by atoms with Crippen LogP contribution in [0.3, 0.4) is 0 Å². The lowest BCUT2D eigenvalue weighted by atomic mass is 10.0. The molecule has 0 aliphatic carbocycles. The summed E-state index contributed by atoms with van der Waals surface area (Å²) < 4.78 is 5.81. The van der Waals surface area contributed by atoms with Gasteiger partial charge in [0.05, 0.1) is 6.61 Å². The van der Waals surface area contributed by atoms with Gasteiger partial charge in [-0.05, 0) is 74.1 Å². The van der Waals surface area contributed by atoms with Crippen LogP contribution in [0.2, 0.25) is 0 Å². The quantitative estimate of drug-likeness (QED) is 0.518. The second kappa shape index (κ2) is 11.6. The van der Waals surface area contributed by atoms with Crippen molar-refractivity contribution >= 4 is 17.3 Å². The lowest BCUT2D eigenvalue weighted by Crippen LogP contribution is -2.18. The smallest absolute Gasteiger partial charge is 0.160 e. The summed E-state index contributed by atoms with van der Waals surface area (Å²) in [6, 6.07) is 6.09. The SMILES string of the molecule is CCCCC(CC)COC(=S)CCc1ccc(CN2CCCC2)cc1O. The number of aromatic hydroxyl groups is 1. The molecule has 0 bridgehead atoms. The molecule has 0 spiro atoms. The molecule has 26 heavy (non-hydrogen) atoms. The number of phenolic OH excluding ortho intramolecular Hbond substituents is 1. The van der Waals surface area contributed by atoms with Crippen LogP contribution in [0.15, 0.2) is 18.2 Å². The highest BCUT2D eigenvalue weighted by Gasteiger charge is 2.13. The van der Waals surface area contributed by atoms with Gasteiger partial charge in [-0.25, -0.2) is 0 Å². The van der Waals surface area contributed by atoms with Crippen LogP contribution in [0.5, 0.6) is 5.75 Å². The minimum atomic E-state index is 0.388. The van der Waals surface area contributed by atoms with Crippen molar-refractivity contribution in [1.82, 2.24) is 4.90 Å². The van der Waals surface area contributed by atoms with Crippen LogP contribution in [0.25, 0.3) is 0 Å². The Morgan fingerprint density at radius 1 is 1.27 bits per heavy atom. The number of unbranched alkanes of at least 4 members (excludes halogenated alkanes) is 1. The molecule has 2 rings (SSSR count). The number of rotatable bonds is 11. The zero-order valence-electron chi connectivity index (χ0n) is 16.5. The van der Waals surface area contributed by atoms with Crippen LogP contribution in [0.1, 0.15) is 69.9 Å². The maximum Gasteiger partial charge on any atom is 0.160 e. The maximum atomic E-state index is 10.3. The van der Waals surface area contributed by atoms with Crippen molar-refractivity contribution in [2.45, 2.75) is 71.8 Å². The Morgan fingerprint density at radius 3 is 2.69 bits per heavy atom. The van der Waals surface area contributed by atoms with Crippen molar-refractivity contribution in [2.75, 3.05) is 19.7 Å². The van der Waals surface area contributed by atoms with Gasteiger partial charge >= 0.3 is 0 Å². The summed E-state index contributed by atoms with van der Waals surface area (Å²) in [5.41, 5.74) is 2.15. The van der Waals surface area contributed by atoms with E-state index in [1.165, 1.54) is 50.8 Å². The Labute approximate surface area is 164 Å². The van der Waals surface area contributed by atoms with Crippen LogP contribution in [-0.2, 0) is 17.7 Å². The first-order valence-electron chi connectivity index (χ1n) is 10.3. The maximum absolute atomic E-state index is 10.3. The number of nitrogens with zero attached hydrogens (tertiary/aromatic N) is 1. The van der Waals surface area contributed by atoms with Crippen molar-refractivity contribution in [1.29, 1.82) is 0 Å². The Morgan fingerprint density at radius 2 is 2.04 bits per heavy atom. The third-order valence-corrected chi connectivity index (χ3v) is 5.70. The second-order valence-electron chi connectivity index (χ2n) is 7.55. The largest absolute Gasteiger partial charge is 0.508 e. The minimum absolute atomic E-state index is 0.388. The van der Waals surface area contributed by atoms with Gasteiger partial charge in [0.15, 0.2) is 5.05 Å². The molecular formula is C22H35NO2S. The lowest BCUT2D eigenvalue weighted by molar-refractivity contribution is 0.223. The second-order valence-corrected chi connectivity index (χ2v) is 8.00.